The van der Waals surface area contributed by atoms with Gasteiger partial charge < -0.3 is 20.5 Å². The number of nitrogens with zero attached hydrogens (tertiary/aromatic N) is 1. The highest BCUT2D eigenvalue weighted by Crippen LogP contribution is 2.30. The van der Waals surface area contributed by atoms with Gasteiger partial charge in [0.15, 0.2) is 11.7 Å². The number of rotatable bonds is 4. The minimum absolute atomic E-state index is 0. The number of hydrogen-bond acceptors (Lipinski definition) is 3. The van der Waals surface area contributed by atoms with Gasteiger partial charge in [-0.2, -0.15) is 0 Å². The van der Waals surface area contributed by atoms with Gasteiger partial charge in [-0.25, -0.2) is 0 Å². The summed E-state index contributed by atoms with van der Waals surface area (Å²) in [6.45, 7) is 3.62. The first-order valence-corrected chi connectivity index (χ1v) is 6.27. The number of guanidine groups is 1. The third-order valence-electron chi connectivity index (χ3n) is 2.91. The number of nitrogens with two attached hydrogens (primary N) is 1. The van der Waals surface area contributed by atoms with Crippen molar-refractivity contribution in [2.24, 2.45) is 16.1 Å². The maximum atomic E-state index is 12.3. The zero-order valence-electron chi connectivity index (χ0n) is 11.8. The van der Waals surface area contributed by atoms with Crippen molar-refractivity contribution in [1.29, 1.82) is 0 Å². The highest BCUT2D eigenvalue weighted by molar-refractivity contribution is 14.0. The van der Waals surface area contributed by atoms with Gasteiger partial charge in [-0.1, -0.05) is 19.1 Å². The lowest BCUT2D eigenvalue weighted by Gasteiger charge is -2.36. The smallest absolute Gasteiger partial charge is 0.404 e. The van der Waals surface area contributed by atoms with Crippen LogP contribution in [-0.2, 0) is 4.74 Å². The molecule has 1 heterocycles. The summed E-state index contributed by atoms with van der Waals surface area (Å²) in [5, 5.41) is 2.62. The minimum atomic E-state index is -4.76. The molecule has 1 fully saturated rings. The SMILES string of the molecule is CC1(CN=C(N)Nc2ccccc2OC(F)(F)F)COC1.I. The van der Waals surface area contributed by atoms with Crippen LogP contribution >= 0.6 is 24.0 Å². The van der Waals surface area contributed by atoms with Crippen LogP contribution in [0.4, 0.5) is 18.9 Å². The molecule has 124 valence electrons. The van der Waals surface area contributed by atoms with E-state index in [1.54, 1.807) is 6.07 Å². The van der Waals surface area contributed by atoms with E-state index in [4.69, 9.17) is 10.5 Å². The predicted molar refractivity (Wildman–Crippen MR) is 87.6 cm³/mol. The van der Waals surface area contributed by atoms with Crippen molar-refractivity contribution in [2.75, 3.05) is 25.1 Å². The molecule has 0 saturated carbocycles. The van der Waals surface area contributed by atoms with Crippen molar-refractivity contribution in [3.05, 3.63) is 24.3 Å². The fourth-order valence-electron chi connectivity index (χ4n) is 1.78. The standard InChI is InChI=1S/C13H16F3N3O2.HI/c1-12(7-20-8-12)6-18-11(17)19-9-4-2-3-5-10(9)21-13(14,15)16;/h2-5H,6-8H2,1H3,(H3,17,18,19);1H. The quantitative estimate of drug-likeness (QED) is 0.437. The molecule has 0 aromatic heterocycles. The van der Waals surface area contributed by atoms with E-state index in [1.165, 1.54) is 18.2 Å². The second-order valence-electron chi connectivity index (χ2n) is 5.17. The molecule has 0 spiro atoms. The first kappa shape index (κ1) is 18.8. The zero-order valence-corrected chi connectivity index (χ0v) is 14.1. The summed E-state index contributed by atoms with van der Waals surface area (Å²) in [6, 6.07) is 5.63. The van der Waals surface area contributed by atoms with Gasteiger partial charge in [-0.05, 0) is 12.1 Å². The van der Waals surface area contributed by atoms with Crippen LogP contribution < -0.4 is 15.8 Å². The molecule has 1 aliphatic heterocycles. The Morgan fingerprint density at radius 1 is 1.41 bits per heavy atom. The third-order valence-corrected chi connectivity index (χ3v) is 2.91. The molecule has 3 N–H and O–H groups in total. The number of ether oxygens (including phenoxy) is 2. The zero-order chi connectivity index (χ0) is 15.5. The molecule has 0 amide bonds. The maximum absolute atomic E-state index is 12.3. The second kappa shape index (κ2) is 7.36. The Balaban J connectivity index is 0.00000242. The Hall–Kier alpha value is -1.23. The van der Waals surface area contributed by atoms with Crippen LogP contribution in [-0.4, -0.2) is 32.1 Å². The fraction of sp³-hybridized carbons (Fsp3) is 0.462. The number of hydrogen-bond donors (Lipinski definition) is 2. The van der Waals surface area contributed by atoms with Gasteiger partial charge in [0.2, 0.25) is 0 Å². The first-order valence-electron chi connectivity index (χ1n) is 6.27. The molecule has 1 aromatic carbocycles. The first-order chi connectivity index (χ1) is 9.77. The Kier molecular flexibility index (Phi) is 6.29. The normalized spacial score (nSPS) is 17.2. The van der Waals surface area contributed by atoms with Crippen molar-refractivity contribution in [1.82, 2.24) is 0 Å². The maximum Gasteiger partial charge on any atom is 0.573 e. The monoisotopic (exact) mass is 431 g/mol. The van der Waals surface area contributed by atoms with Gasteiger partial charge in [-0.15, -0.1) is 37.1 Å². The van der Waals surface area contributed by atoms with Crippen LogP contribution in [0.2, 0.25) is 0 Å². The van der Waals surface area contributed by atoms with Gasteiger partial charge in [0.1, 0.15) is 0 Å². The lowest BCUT2D eigenvalue weighted by molar-refractivity contribution is -0.274. The van der Waals surface area contributed by atoms with Crippen molar-refractivity contribution in [3.8, 4) is 5.75 Å². The molecule has 1 aliphatic rings. The number of alkyl halides is 3. The van der Waals surface area contributed by atoms with Gasteiger partial charge in [0.25, 0.3) is 0 Å². The lowest BCUT2D eigenvalue weighted by Crippen LogP contribution is -2.43. The van der Waals surface area contributed by atoms with E-state index in [2.05, 4.69) is 15.0 Å². The molecule has 0 aliphatic carbocycles. The summed E-state index contributed by atoms with van der Waals surface area (Å²) < 4.78 is 45.9. The number of para-hydroxylation sites is 2. The molecule has 22 heavy (non-hydrogen) atoms. The molecule has 2 rings (SSSR count). The van der Waals surface area contributed by atoms with Crippen molar-refractivity contribution >= 4 is 35.6 Å². The van der Waals surface area contributed by atoms with Gasteiger partial charge >= 0.3 is 6.36 Å². The van der Waals surface area contributed by atoms with Crippen LogP contribution in [0.25, 0.3) is 0 Å². The topological polar surface area (TPSA) is 68.9 Å². The largest absolute Gasteiger partial charge is 0.573 e. The molecule has 5 nitrogen and oxygen atoms in total. The summed E-state index contributed by atoms with van der Waals surface area (Å²) in [7, 11) is 0. The van der Waals surface area contributed by atoms with E-state index in [1.807, 2.05) is 6.92 Å². The van der Waals surface area contributed by atoms with Crippen molar-refractivity contribution in [3.63, 3.8) is 0 Å². The van der Waals surface area contributed by atoms with Gasteiger partial charge in [0.05, 0.1) is 25.4 Å². The molecular weight excluding hydrogens is 414 g/mol. The van der Waals surface area contributed by atoms with Gasteiger partial charge in [-0.3, -0.25) is 4.99 Å². The molecule has 0 atom stereocenters. The highest BCUT2D eigenvalue weighted by atomic mass is 127. The number of nitrogens with one attached hydrogen (secondary N) is 1. The van der Waals surface area contributed by atoms with Crippen LogP contribution in [0.5, 0.6) is 5.75 Å². The van der Waals surface area contributed by atoms with E-state index in [0.717, 1.165) is 0 Å². The molecule has 1 aromatic rings. The molecular formula is C13H17F3IN3O2. The summed E-state index contributed by atoms with van der Waals surface area (Å²) in [5.74, 6) is -0.331. The Bertz CT molecular complexity index is 534. The Morgan fingerprint density at radius 2 is 2.05 bits per heavy atom. The van der Waals surface area contributed by atoms with Crippen LogP contribution in [0.1, 0.15) is 6.92 Å². The van der Waals surface area contributed by atoms with E-state index >= 15 is 0 Å². The minimum Gasteiger partial charge on any atom is -0.404 e. The lowest BCUT2D eigenvalue weighted by atomic mass is 9.89. The molecule has 9 heteroatoms. The Morgan fingerprint density at radius 3 is 2.59 bits per heavy atom. The number of anilines is 1. The molecule has 0 unspecified atom stereocenters. The van der Waals surface area contributed by atoms with Crippen LogP contribution in [0, 0.1) is 5.41 Å². The summed E-state index contributed by atoms with van der Waals surface area (Å²) in [5.41, 5.74) is 5.73. The van der Waals surface area contributed by atoms with E-state index in [9.17, 15) is 13.2 Å². The Labute approximate surface area is 143 Å². The summed E-state index contributed by atoms with van der Waals surface area (Å²) in [6.07, 6.45) is -4.76. The van der Waals surface area contributed by atoms with Crippen molar-refractivity contribution < 1.29 is 22.6 Å². The number of halogens is 4. The van der Waals surface area contributed by atoms with Crippen LogP contribution in [0.3, 0.4) is 0 Å². The highest BCUT2D eigenvalue weighted by Gasteiger charge is 2.33. The summed E-state index contributed by atoms with van der Waals surface area (Å²) >= 11 is 0. The number of aliphatic imine (C=N–C) groups is 1. The van der Waals surface area contributed by atoms with Gasteiger partial charge in [0, 0.05) is 5.41 Å². The average Bonchev–Trinajstić information content (AvgIpc) is 2.35. The summed E-state index contributed by atoms with van der Waals surface area (Å²) in [4.78, 5) is 4.12. The third kappa shape index (κ3) is 5.52. The van der Waals surface area contributed by atoms with Crippen molar-refractivity contribution in [2.45, 2.75) is 13.3 Å². The second-order valence-corrected chi connectivity index (χ2v) is 5.17. The van der Waals surface area contributed by atoms with Crippen LogP contribution in [0.15, 0.2) is 29.3 Å². The molecule has 0 radical (unpaired) electrons. The average molecular weight is 431 g/mol. The predicted octanol–water partition coefficient (Wildman–Crippen LogP) is 2.97. The fourth-order valence-corrected chi connectivity index (χ4v) is 1.78. The van der Waals surface area contributed by atoms with E-state index in [-0.39, 0.29) is 46.8 Å². The molecule has 1 saturated heterocycles. The van der Waals surface area contributed by atoms with E-state index < -0.39 is 6.36 Å². The van der Waals surface area contributed by atoms with E-state index in [0.29, 0.717) is 19.8 Å². The number of benzene rings is 1. The molecule has 0 bridgehead atoms.